The predicted octanol–water partition coefficient (Wildman–Crippen LogP) is 0.896. The molecule has 2 rings (SSSR count). The van der Waals surface area contributed by atoms with Gasteiger partial charge in [-0.2, -0.15) is 0 Å². The van der Waals surface area contributed by atoms with Crippen molar-refractivity contribution in [3.05, 3.63) is 24.3 Å². The number of fused-ring (bicyclic) bond motifs is 1. The minimum atomic E-state index is 0.166. The lowest BCUT2D eigenvalue weighted by Gasteiger charge is -2.27. The van der Waals surface area contributed by atoms with E-state index in [1.165, 1.54) is 0 Å². The first-order valence-corrected chi connectivity index (χ1v) is 3.53. The summed E-state index contributed by atoms with van der Waals surface area (Å²) in [6, 6.07) is 0. The molecule has 0 unspecified atom stereocenters. The average molecular weight is 138 g/mol. The second kappa shape index (κ2) is 2.56. The maximum Gasteiger partial charge on any atom is 0.106 e. The zero-order valence-corrected chi connectivity index (χ0v) is 5.69. The van der Waals surface area contributed by atoms with Gasteiger partial charge in [0.25, 0.3) is 0 Å². The third-order valence-electron chi connectivity index (χ3n) is 1.75. The quantitative estimate of drug-likeness (QED) is 0.463. The van der Waals surface area contributed by atoms with Crippen LogP contribution in [0.2, 0.25) is 0 Å². The van der Waals surface area contributed by atoms with E-state index in [2.05, 4.69) is 12.2 Å². The van der Waals surface area contributed by atoms with Crippen molar-refractivity contribution < 1.29 is 9.47 Å². The SMILES string of the molecule is C1=C[C@H]2OCC=C[C@H]2OC1. The minimum absolute atomic E-state index is 0.166. The molecule has 0 spiro atoms. The lowest BCUT2D eigenvalue weighted by Crippen LogP contribution is -2.34. The van der Waals surface area contributed by atoms with Crippen molar-refractivity contribution in [1.29, 1.82) is 0 Å². The molecule has 0 aliphatic carbocycles. The van der Waals surface area contributed by atoms with Crippen molar-refractivity contribution in [3.8, 4) is 0 Å². The summed E-state index contributed by atoms with van der Waals surface area (Å²) < 4.78 is 10.8. The van der Waals surface area contributed by atoms with Crippen LogP contribution < -0.4 is 0 Å². The predicted molar refractivity (Wildman–Crippen MR) is 37.8 cm³/mol. The highest BCUT2D eigenvalue weighted by molar-refractivity contribution is 5.08. The first kappa shape index (κ1) is 6.13. The van der Waals surface area contributed by atoms with Crippen molar-refractivity contribution in [2.45, 2.75) is 12.2 Å². The molecule has 0 saturated carbocycles. The summed E-state index contributed by atoms with van der Waals surface area (Å²) in [5.41, 5.74) is 0. The van der Waals surface area contributed by atoms with Gasteiger partial charge in [0.05, 0.1) is 13.2 Å². The van der Waals surface area contributed by atoms with E-state index in [9.17, 15) is 0 Å². The normalized spacial score (nSPS) is 37.6. The summed E-state index contributed by atoms with van der Waals surface area (Å²) in [6.45, 7) is 1.43. The van der Waals surface area contributed by atoms with Crippen molar-refractivity contribution in [2.75, 3.05) is 13.2 Å². The fourth-order valence-corrected chi connectivity index (χ4v) is 1.23. The zero-order chi connectivity index (χ0) is 6.81. The number of rotatable bonds is 0. The molecule has 2 atom stereocenters. The highest BCUT2D eigenvalue weighted by Gasteiger charge is 2.22. The molecular formula is C8H10O2. The van der Waals surface area contributed by atoms with E-state index in [0.29, 0.717) is 0 Å². The Balaban J connectivity index is 2.14. The lowest BCUT2D eigenvalue weighted by atomic mass is 10.1. The average Bonchev–Trinajstić information content (AvgIpc) is 2.05. The molecule has 0 amide bonds. The lowest BCUT2D eigenvalue weighted by molar-refractivity contribution is -0.0300. The summed E-state index contributed by atoms with van der Waals surface area (Å²) in [7, 11) is 0. The Bertz CT molecular complexity index is 152. The largest absolute Gasteiger partial charge is 0.367 e. The topological polar surface area (TPSA) is 18.5 Å². The van der Waals surface area contributed by atoms with Gasteiger partial charge < -0.3 is 9.47 Å². The Morgan fingerprint density at radius 2 is 1.40 bits per heavy atom. The Morgan fingerprint density at radius 1 is 0.900 bits per heavy atom. The van der Waals surface area contributed by atoms with E-state index in [4.69, 9.17) is 9.47 Å². The molecule has 2 aliphatic heterocycles. The molecule has 0 aromatic carbocycles. The molecule has 0 saturated heterocycles. The van der Waals surface area contributed by atoms with Crippen LogP contribution in [0.25, 0.3) is 0 Å². The summed E-state index contributed by atoms with van der Waals surface area (Å²) in [4.78, 5) is 0. The van der Waals surface area contributed by atoms with Crippen LogP contribution in [0.4, 0.5) is 0 Å². The van der Waals surface area contributed by atoms with Crippen LogP contribution in [0.3, 0.4) is 0 Å². The fourth-order valence-electron chi connectivity index (χ4n) is 1.23. The molecular weight excluding hydrogens is 128 g/mol. The van der Waals surface area contributed by atoms with Crippen LogP contribution in [0.5, 0.6) is 0 Å². The first-order valence-electron chi connectivity index (χ1n) is 3.53. The molecule has 0 bridgehead atoms. The Morgan fingerprint density at radius 3 is 1.90 bits per heavy atom. The van der Waals surface area contributed by atoms with Gasteiger partial charge in [0, 0.05) is 0 Å². The third kappa shape index (κ3) is 1.00. The van der Waals surface area contributed by atoms with Gasteiger partial charge in [-0.1, -0.05) is 24.3 Å². The molecule has 2 nitrogen and oxygen atoms in total. The highest BCUT2D eigenvalue weighted by Crippen LogP contribution is 2.15. The summed E-state index contributed by atoms with van der Waals surface area (Å²) in [6.07, 6.45) is 8.47. The molecule has 10 heavy (non-hydrogen) atoms. The van der Waals surface area contributed by atoms with Crippen LogP contribution in [-0.2, 0) is 9.47 Å². The van der Waals surface area contributed by atoms with Gasteiger partial charge in [0.15, 0.2) is 0 Å². The molecule has 0 aromatic rings. The molecule has 0 radical (unpaired) electrons. The smallest absolute Gasteiger partial charge is 0.106 e. The Hall–Kier alpha value is -0.600. The van der Waals surface area contributed by atoms with E-state index in [1.807, 2.05) is 12.2 Å². The van der Waals surface area contributed by atoms with E-state index in [0.717, 1.165) is 13.2 Å². The Labute approximate surface area is 60.1 Å². The third-order valence-corrected chi connectivity index (χ3v) is 1.75. The number of hydrogen-bond acceptors (Lipinski definition) is 2. The zero-order valence-electron chi connectivity index (χ0n) is 5.69. The van der Waals surface area contributed by atoms with Gasteiger partial charge in [-0.25, -0.2) is 0 Å². The van der Waals surface area contributed by atoms with Crippen molar-refractivity contribution >= 4 is 0 Å². The van der Waals surface area contributed by atoms with Crippen LogP contribution in [-0.4, -0.2) is 25.4 Å². The van der Waals surface area contributed by atoms with Gasteiger partial charge in [-0.15, -0.1) is 0 Å². The molecule has 2 heterocycles. The molecule has 0 fully saturated rings. The van der Waals surface area contributed by atoms with Crippen molar-refractivity contribution in [2.24, 2.45) is 0 Å². The van der Waals surface area contributed by atoms with Crippen molar-refractivity contribution in [3.63, 3.8) is 0 Å². The van der Waals surface area contributed by atoms with Gasteiger partial charge in [-0.3, -0.25) is 0 Å². The van der Waals surface area contributed by atoms with Crippen molar-refractivity contribution in [1.82, 2.24) is 0 Å². The minimum Gasteiger partial charge on any atom is -0.367 e. The fraction of sp³-hybridized carbons (Fsp3) is 0.500. The summed E-state index contributed by atoms with van der Waals surface area (Å²) >= 11 is 0. The number of ether oxygens (including phenoxy) is 2. The van der Waals surface area contributed by atoms with Gasteiger partial charge in [0.2, 0.25) is 0 Å². The standard InChI is InChI=1S/C8H10O2/c1-3-7-8(9-5-1)4-2-6-10-7/h1-4,7-8H,5-6H2/t7-,8-/m1/s1. The summed E-state index contributed by atoms with van der Waals surface area (Å²) in [5.74, 6) is 0. The first-order chi connectivity index (χ1) is 4.97. The van der Waals surface area contributed by atoms with E-state index < -0.39 is 0 Å². The second-order valence-corrected chi connectivity index (χ2v) is 2.45. The summed E-state index contributed by atoms with van der Waals surface area (Å²) in [5, 5.41) is 0. The molecule has 54 valence electrons. The monoisotopic (exact) mass is 138 g/mol. The van der Waals surface area contributed by atoms with E-state index in [1.54, 1.807) is 0 Å². The second-order valence-electron chi connectivity index (χ2n) is 2.45. The van der Waals surface area contributed by atoms with Gasteiger partial charge >= 0.3 is 0 Å². The molecule has 0 N–H and O–H groups in total. The molecule has 2 aliphatic rings. The van der Waals surface area contributed by atoms with Gasteiger partial charge in [0.1, 0.15) is 12.2 Å². The van der Waals surface area contributed by atoms with Gasteiger partial charge in [-0.05, 0) is 0 Å². The Kier molecular flexibility index (Phi) is 1.57. The highest BCUT2D eigenvalue weighted by atomic mass is 16.5. The van der Waals surface area contributed by atoms with Crippen LogP contribution in [0, 0.1) is 0 Å². The van der Waals surface area contributed by atoms with Crippen LogP contribution in [0.1, 0.15) is 0 Å². The van der Waals surface area contributed by atoms with E-state index in [-0.39, 0.29) is 12.2 Å². The maximum atomic E-state index is 5.38. The van der Waals surface area contributed by atoms with Crippen LogP contribution >= 0.6 is 0 Å². The number of hydrogen-bond donors (Lipinski definition) is 0. The van der Waals surface area contributed by atoms with E-state index >= 15 is 0 Å². The molecule has 2 heteroatoms. The molecule has 0 aromatic heterocycles. The van der Waals surface area contributed by atoms with Crippen LogP contribution in [0.15, 0.2) is 24.3 Å². The maximum absolute atomic E-state index is 5.38.